The molecule has 10 heteroatoms. The van der Waals surface area contributed by atoms with Crippen molar-refractivity contribution < 1.29 is 27.9 Å². The molecular weight excluding hydrogens is 405 g/mol. The second-order valence-corrected chi connectivity index (χ2v) is 7.41. The first-order valence-electron chi connectivity index (χ1n) is 7.74. The van der Waals surface area contributed by atoms with Gasteiger partial charge in [-0.05, 0) is 23.1 Å². The highest BCUT2D eigenvalue weighted by molar-refractivity contribution is 7.12. The van der Waals surface area contributed by atoms with Crippen LogP contribution in [0.2, 0.25) is 5.02 Å². The lowest BCUT2D eigenvalue weighted by Gasteiger charge is -2.49. The molecule has 1 aliphatic rings. The van der Waals surface area contributed by atoms with Gasteiger partial charge in [0, 0.05) is 12.1 Å². The van der Waals surface area contributed by atoms with E-state index < -0.39 is 35.7 Å². The number of hydrogen-bond acceptors (Lipinski definition) is 4. The zero-order valence-corrected chi connectivity index (χ0v) is 15.4. The van der Waals surface area contributed by atoms with Crippen LogP contribution in [0.3, 0.4) is 0 Å². The van der Waals surface area contributed by atoms with E-state index in [1.54, 1.807) is 6.07 Å². The third kappa shape index (κ3) is 3.09. The van der Waals surface area contributed by atoms with E-state index in [0.717, 1.165) is 18.4 Å². The number of aliphatic hydroxyl groups is 1. The number of hydrogen-bond donors (Lipinski definition) is 2. The molecule has 3 rings (SSSR count). The van der Waals surface area contributed by atoms with Crippen molar-refractivity contribution in [3.05, 3.63) is 57.2 Å². The monoisotopic (exact) mass is 418 g/mol. The summed E-state index contributed by atoms with van der Waals surface area (Å²) in [7, 11) is 0.792. The first-order valence-corrected chi connectivity index (χ1v) is 9.00. The third-order valence-electron chi connectivity index (χ3n) is 4.57. The van der Waals surface area contributed by atoms with Crippen molar-refractivity contribution in [1.29, 1.82) is 0 Å². The normalized spacial score (nSPS) is 26.0. The Kier molecular flexibility index (Phi) is 4.96. The number of carbonyl (C=O) groups excluding carboxylic acids is 2. The van der Waals surface area contributed by atoms with E-state index in [4.69, 9.17) is 11.6 Å². The lowest BCUT2D eigenvalue weighted by Crippen LogP contribution is -2.72. The standard InChI is InChI=1S/C17H14ClF3N2O3S/c1-23-15(25)22-13(9-5-2-3-6-10(9)18)12(16(23,26)17(19,20)21)14(24)11-7-4-8-27-11/h2-8,12-13,26H,1H3,(H,22,25)/t12-,13-,16-/m0/s1. The molecule has 2 N–H and O–H groups in total. The number of halogens is 4. The minimum atomic E-state index is -5.28. The zero-order chi connectivity index (χ0) is 20.0. The molecule has 1 aromatic carbocycles. The van der Waals surface area contributed by atoms with Crippen LogP contribution in [0.25, 0.3) is 0 Å². The van der Waals surface area contributed by atoms with Crippen molar-refractivity contribution in [2.45, 2.75) is 17.9 Å². The summed E-state index contributed by atoms with van der Waals surface area (Å²) in [6.07, 6.45) is -5.28. The molecular formula is C17H14ClF3N2O3S. The number of carbonyl (C=O) groups is 2. The van der Waals surface area contributed by atoms with Gasteiger partial charge in [0.2, 0.25) is 0 Å². The SMILES string of the molecule is CN1C(=O)N[C@@H](c2ccccc2Cl)[C@@H](C(=O)c2cccs2)[C@]1(O)C(F)(F)F. The van der Waals surface area contributed by atoms with Gasteiger partial charge in [0.05, 0.1) is 10.9 Å². The maximum atomic E-state index is 13.9. The molecule has 0 radical (unpaired) electrons. The van der Waals surface area contributed by atoms with Crippen LogP contribution in [-0.2, 0) is 0 Å². The summed E-state index contributed by atoms with van der Waals surface area (Å²) >= 11 is 7.05. The van der Waals surface area contributed by atoms with Crippen molar-refractivity contribution >= 4 is 34.8 Å². The van der Waals surface area contributed by atoms with Crippen LogP contribution in [0.5, 0.6) is 0 Å². The average molecular weight is 419 g/mol. The summed E-state index contributed by atoms with van der Waals surface area (Å²) < 4.78 is 41.8. The molecule has 0 unspecified atom stereocenters. The smallest absolute Gasteiger partial charge is 0.363 e. The molecule has 0 spiro atoms. The lowest BCUT2D eigenvalue weighted by atomic mass is 9.78. The van der Waals surface area contributed by atoms with Gasteiger partial charge >= 0.3 is 12.2 Å². The fourth-order valence-electron chi connectivity index (χ4n) is 3.17. The number of nitrogens with zero attached hydrogens (tertiary/aromatic N) is 1. The van der Waals surface area contributed by atoms with Crippen LogP contribution in [0.1, 0.15) is 21.3 Å². The Morgan fingerprint density at radius 2 is 1.96 bits per heavy atom. The summed E-state index contributed by atoms with van der Waals surface area (Å²) in [6.45, 7) is 0. The van der Waals surface area contributed by atoms with E-state index in [1.807, 2.05) is 0 Å². The molecule has 1 aliphatic heterocycles. The first-order chi connectivity index (χ1) is 12.6. The molecule has 2 aromatic rings. The molecule has 2 heterocycles. The molecule has 0 bridgehead atoms. The summed E-state index contributed by atoms with van der Waals surface area (Å²) in [4.78, 5) is 25.3. The quantitative estimate of drug-likeness (QED) is 0.744. The fourth-order valence-corrected chi connectivity index (χ4v) is 4.12. The molecule has 0 aliphatic carbocycles. The second-order valence-electron chi connectivity index (χ2n) is 6.05. The summed E-state index contributed by atoms with van der Waals surface area (Å²) in [6, 6.07) is 6.16. The Hall–Kier alpha value is -2.10. The molecule has 5 nitrogen and oxygen atoms in total. The van der Waals surface area contributed by atoms with Gasteiger partial charge in [-0.3, -0.25) is 9.69 Å². The number of alkyl halides is 3. The first kappa shape index (κ1) is 19.7. The molecule has 1 aromatic heterocycles. The minimum Gasteiger partial charge on any atom is -0.363 e. The largest absolute Gasteiger partial charge is 0.437 e. The van der Waals surface area contributed by atoms with Crippen molar-refractivity contribution in [2.75, 3.05) is 7.05 Å². The molecule has 144 valence electrons. The maximum Gasteiger partial charge on any atom is 0.437 e. The van der Waals surface area contributed by atoms with Gasteiger partial charge in [0.1, 0.15) is 5.92 Å². The van der Waals surface area contributed by atoms with Gasteiger partial charge in [-0.25, -0.2) is 4.79 Å². The molecule has 0 saturated carbocycles. The summed E-state index contributed by atoms with van der Waals surface area (Å²) in [5.74, 6) is -3.00. The number of thiophene rings is 1. The van der Waals surface area contributed by atoms with Crippen LogP contribution < -0.4 is 5.32 Å². The third-order valence-corrected chi connectivity index (χ3v) is 5.79. The van der Waals surface area contributed by atoms with E-state index >= 15 is 0 Å². The molecule has 27 heavy (non-hydrogen) atoms. The number of benzene rings is 1. The average Bonchev–Trinajstić information content (AvgIpc) is 3.13. The summed E-state index contributed by atoms with van der Waals surface area (Å²) in [5.41, 5.74) is -3.60. The number of rotatable bonds is 3. The predicted octanol–water partition coefficient (Wildman–Crippen LogP) is 3.85. The topological polar surface area (TPSA) is 69.6 Å². The Morgan fingerprint density at radius 1 is 1.30 bits per heavy atom. The Morgan fingerprint density at radius 3 is 2.52 bits per heavy atom. The van der Waals surface area contributed by atoms with Crippen molar-refractivity contribution in [3.63, 3.8) is 0 Å². The predicted molar refractivity (Wildman–Crippen MR) is 93.6 cm³/mol. The van der Waals surface area contributed by atoms with Crippen LogP contribution >= 0.6 is 22.9 Å². The van der Waals surface area contributed by atoms with E-state index in [2.05, 4.69) is 5.32 Å². The molecule has 1 fully saturated rings. The number of ketones is 1. The van der Waals surface area contributed by atoms with E-state index in [0.29, 0.717) is 0 Å². The highest BCUT2D eigenvalue weighted by Gasteiger charge is 2.69. The number of Topliss-reactive ketones (excluding diaryl/α,β-unsaturated/α-hetero) is 1. The number of amides is 2. The van der Waals surface area contributed by atoms with E-state index in [1.165, 1.54) is 35.7 Å². The molecule has 2 amide bonds. The molecule has 1 saturated heterocycles. The highest BCUT2D eigenvalue weighted by Crippen LogP contribution is 2.48. The van der Waals surface area contributed by atoms with Gasteiger partial charge in [0.15, 0.2) is 5.78 Å². The van der Waals surface area contributed by atoms with E-state index in [9.17, 15) is 27.9 Å². The zero-order valence-electron chi connectivity index (χ0n) is 13.8. The minimum absolute atomic E-state index is 0.0317. The van der Waals surface area contributed by atoms with Crippen molar-refractivity contribution in [2.24, 2.45) is 5.92 Å². The fraction of sp³-hybridized carbons (Fsp3) is 0.294. The van der Waals surface area contributed by atoms with Gasteiger partial charge in [-0.15, -0.1) is 11.3 Å². The molecule has 3 atom stereocenters. The Bertz CT molecular complexity index is 875. The van der Waals surface area contributed by atoms with Crippen LogP contribution in [0.4, 0.5) is 18.0 Å². The number of nitrogens with one attached hydrogen (secondary N) is 1. The van der Waals surface area contributed by atoms with Crippen molar-refractivity contribution in [3.8, 4) is 0 Å². The van der Waals surface area contributed by atoms with E-state index in [-0.39, 0.29) is 20.4 Å². The lowest BCUT2D eigenvalue weighted by molar-refractivity contribution is -0.322. The van der Waals surface area contributed by atoms with Crippen molar-refractivity contribution in [1.82, 2.24) is 10.2 Å². The van der Waals surface area contributed by atoms with Crippen LogP contribution in [0.15, 0.2) is 41.8 Å². The Labute approximate surface area is 161 Å². The Balaban J connectivity index is 2.23. The van der Waals surface area contributed by atoms with Gasteiger partial charge < -0.3 is 10.4 Å². The van der Waals surface area contributed by atoms with Crippen LogP contribution in [0, 0.1) is 5.92 Å². The van der Waals surface area contributed by atoms with Gasteiger partial charge in [-0.2, -0.15) is 13.2 Å². The van der Waals surface area contributed by atoms with Gasteiger partial charge in [0.25, 0.3) is 5.72 Å². The summed E-state index contributed by atoms with van der Waals surface area (Å²) in [5, 5.41) is 14.7. The van der Waals surface area contributed by atoms with Crippen LogP contribution in [-0.4, -0.2) is 40.8 Å². The highest BCUT2D eigenvalue weighted by atomic mass is 35.5. The maximum absolute atomic E-state index is 13.9. The number of urea groups is 1. The van der Waals surface area contributed by atoms with Gasteiger partial charge in [-0.1, -0.05) is 35.9 Å². The second kappa shape index (κ2) is 6.81.